The summed E-state index contributed by atoms with van der Waals surface area (Å²) < 4.78 is 13.2. The highest BCUT2D eigenvalue weighted by Gasteiger charge is 2.12. The molecule has 1 saturated heterocycles. The van der Waals surface area contributed by atoms with Crippen LogP contribution in [-0.4, -0.2) is 36.1 Å². The standard InChI is InChI=1S/C14H15FN4S.ClH/c15-11-2-1-3-12(10-11)20-14-17-5-4-13(18-14)19-8-6-16-7-9-19;/h1-5,10,16H,6-9H2;1H. The summed E-state index contributed by atoms with van der Waals surface area (Å²) in [5.41, 5.74) is 0. The molecule has 1 aromatic heterocycles. The maximum atomic E-state index is 13.2. The molecule has 0 radical (unpaired) electrons. The molecule has 1 aliphatic heterocycles. The van der Waals surface area contributed by atoms with Gasteiger partial charge >= 0.3 is 0 Å². The Morgan fingerprint density at radius 2 is 2.00 bits per heavy atom. The van der Waals surface area contributed by atoms with Crippen LogP contribution in [-0.2, 0) is 0 Å². The summed E-state index contributed by atoms with van der Waals surface area (Å²) in [4.78, 5) is 11.8. The number of anilines is 1. The van der Waals surface area contributed by atoms with Gasteiger partial charge in [0.1, 0.15) is 11.6 Å². The van der Waals surface area contributed by atoms with Crippen molar-refractivity contribution in [2.24, 2.45) is 0 Å². The van der Waals surface area contributed by atoms with Crippen molar-refractivity contribution in [3.8, 4) is 0 Å². The van der Waals surface area contributed by atoms with Crippen LogP contribution in [0.15, 0.2) is 46.6 Å². The van der Waals surface area contributed by atoms with Gasteiger partial charge in [0.05, 0.1) is 0 Å². The van der Waals surface area contributed by atoms with E-state index >= 15 is 0 Å². The van der Waals surface area contributed by atoms with E-state index in [9.17, 15) is 4.39 Å². The number of benzene rings is 1. The van der Waals surface area contributed by atoms with Gasteiger partial charge in [-0.1, -0.05) is 6.07 Å². The van der Waals surface area contributed by atoms with Crippen molar-refractivity contribution in [1.29, 1.82) is 0 Å². The van der Waals surface area contributed by atoms with Crippen molar-refractivity contribution >= 4 is 30.0 Å². The van der Waals surface area contributed by atoms with Crippen molar-refractivity contribution in [3.63, 3.8) is 0 Å². The van der Waals surface area contributed by atoms with Crippen molar-refractivity contribution in [1.82, 2.24) is 15.3 Å². The minimum Gasteiger partial charge on any atom is -0.354 e. The number of piperazine rings is 1. The van der Waals surface area contributed by atoms with Gasteiger partial charge in [-0.25, -0.2) is 14.4 Å². The molecule has 0 unspecified atom stereocenters. The Bertz CT molecular complexity index is 593. The largest absolute Gasteiger partial charge is 0.354 e. The summed E-state index contributed by atoms with van der Waals surface area (Å²) in [6.07, 6.45) is 1.76. The predicted octanol–water partition coefficient (Wildman–Crippen LogP) is 2.60. The molecule has 2 aromatic rings. The zero-order valence-corrected chi connectivity index (χ0v) is 13.0. The van der Waals surface area contributed by atoms with Crippen LogP contribution in [0.1, 0.15) is 0 Å². The summed E-state index contributed by atoms with van der Waals surface area (Å²) in [5, 5.41) is 3.96. The van der Waals surface area contributed by atoms with Gasteiger partial charge in [-0.05, 0) is 36.0 Å². The Hall–Kier alpha value is -1.37. The first-order chi connectivity index (χ1) is 9.81. The summed E-state index contributed by atoms with van der Waals surface area (Å²) in [6.45, 7) is 3.83. The second-order valence-electron chi connectivity index (χ2n) is 4.49. The smallest absolute Gasteiger partial charge is 0.194 e. The first kappa shape index (κ1) is 16.0. The molecule has 21 heavy (non-hydrogen) atoms. The van der Waals surface area contributed by atoms with Crippen LogP contribution in [0.4, 0.5) is 10.2 Å². The Labute approximate surface area is 133 Å². The van der Waals surface area contributed by atoms with E-state index in [2.05, 4.69) is 20.2 Å². The van der Waals surface area contributed by atoms with Gasteiger partial charge in [-0.3, -0.25) is 0 Å². The number of aromatic nitrogens is 2. The lowest BCUT2D eigenvalue weighted by Crippen LogP contribution is -2.43. The van der Waals surface area contributed by atoms with E-state index in [4.69, 9.17) is 0 Å². The van der Waals surface area contributed by atoms with Gasteiger partial charge in [0.2, 0.25) is 0 Å². The molecular weight excluding hydrogens is 311 g/mol. The fraction of sp³-hybridized carbons (Fsp3) is 0.286. The van der Waals surface area contributed by atoms with Crippen molar-refractivity contribution in [2.75, 3.05) is 31.1 Å². The Balaban J connectivity index is 0.00000161. The van der Waals surface area contributed by atoms with E-state index in [-0.39, 0.29) is 18.2 Å². The molecule has 7 heteroatoms. The van der Waals surface area contributed by atoms with E-state index in [1.165, 1.54) is 23.9 Å². The van der Waals surface area contributed by atoms with Gasteiger partial charge in [0.25, 0.3) is 0 Å². The molecule has 3 rings (SSSR count). The molecule has 0 amide bonds. The van der Waals surface area contributed by atoms with Crippen molar-refractivity contribution in [3.05, 3.63) is 42.3 Å². The zero-order valence-electron chi connectivity index (χ0n) is 11.3. The third kappa shape index (κ3) is 4.30. The molecule has 0 aliphatic carbocycles. The molecule has 2 heterocycles. The van der Waals surface area contributed by atoms with E-state index in [1.54, 1.807) is 12.3 Å². The third-order valence-electron chi connectivity index (χ3n) is 3.06. The molecule has 0 spiro atoms. The van der Waals surface area contributed by atoms with E-state index in [0.717, 1.165) is 36.9 Å². The molecule has 0 atom stereocenters. The van der Waals surface area contributed by atoms with Crippen LogP contribution in [0.3, 0.4) is 0 Å². The monoisotopic (exact) mass is 326 g/mol. The molecule has 0 saturated carbocycles. The second-order valence-corrected chi connectivity index (χ2v) is 5.53. The molecule has 1 N–H and O–H groups in total. The summed E-state index contributed by atoms with van der Waals surface area (Å²) in [6, 6.07) is 8.39. The van der Waals surface area contributed by atoms with Gasteiger partial charge in [0.15, 0.2) is 5.16 Å². The molecule has 1 aromatic carbocycles. The average Bonchev–Trinajstić information content (AvgIpc) is 2.48. The van der Waals surface area contributed by atoms with Crippen LogP contribution < -0.4 is 10.2 Å². The third-order valence-corrected chi connectivity index (χ3v) is 3.93. The highest BCUT2D eigenvalue weighted by Crippen LogP contribution is 2.26. The first-order valence-corrected chi connectivity index (χ1v) is 7.35. The number of hydrogen-bond acceptors (Lipinski definition) is 5. The normalized spacial score (nSPS) is 14.6. The molecule has 112 valence electrons. The van der Waals surface area contributed by atoms with Crippen molar-refractivity contribution < 1.29 is 4.39 Å². The van der Waals surface area contributed by atoms with Crippen LogP contribution in [0.2, 0.25) is 0 Å². The Morgan fingerprint density at radius 3 is 2.76 bits per heavy atom. The first-order valence-electron chi connectivity index (χ1n) is 6.53. The highest BCUT2D eigenvalue weighted by molar-refractivity contribution is 7.99. The molecule has 1 aliphatic rings. The minimum absolute atomic E-state index is 0. The lowest BCUT2D eigenvalue weighted by molar-refractivity contribution is 0.582. The number of nitrogens with zero attached hydrogens (tertiary/aromatic N) is 3. The molecule has 1 fully saturated rings. The van der Waals surface area contributed by atoms with Gasteiger partial charge in [-0.15, -0.1) is 12.4 Å². The second kappa shape index (κ2) is 7.59. The van der Waals surface area contributed by atoms with E-state index in [0.29, 0.717) is 5.16 Å². The fourth-order valence-corrected chi connectivity index (χ4v) is 2.87. The van der Waals surface area contributed by atoms with Crippen LogP contribution in [0.25, 0.3) is 0 Å². The number of nitrogens with one attached hydrogen (secondary N) is 1. The molecular formula is C14H16ClFN4S. The molecule has 0 bridgehead atoms. The van der Waals surface area contributed by atoms with E-state index < -0.39 is 0 Å². The number of rotatable bonds is 3. The highest BCUT2D eigenvalue weighted by atomic mass is 35.5. The zero-order chi connectivity index (χ0) is 13.8. The van der Waals surface area contributed by atoms with Crippen molar-refractivity contribution in [2.45, 2.75) is 10.1 Å². The quantitative estimate of drug-likeness (QED) is 0.878. The lowest BCUT2D eigenvalue weighted by atomic mass is 10.3. The summed E-state index contributed by atoms with van der Waals surface area (Å²) in [5.74, 6) is 0.689. The average molecular weight is 327 g/mol. The van der Waals surface area contributed by atoms with Crippen LogP contribution in [0, 0.1) is 5.82 Å². The van der Waals surface area contributed by atoms with Gasteiger partial charge in [-0.2, -0.15) is 0 Å². The maximum Gasteiger partial charge on any atom is 0.194 e. The topological polar surface area (TPSA) is 41.1 Å². The van der Waals surface area contributed by atoms with Crippen LogP contribution in [0.5, 0.6) is 0 Å². The van der Waals surface area contributed by atoms with Gasteiger partial charge < -0.3 is 10.2 Å². The van der Waals surface area contributed by atoms with Gasteiger partial charge in [0, 0.05) is 37.3 Å². The summed E-state index contributed by atoms with van der Waals surface area (Å²) >= 11 is 1.38. The Kier molecular flexibility index (Phi) is 5.78. The SMILES string of the molecule is Cl.Fc1cccc(Sc2nccc(N3CCNCC3)n2)c1. The molecule has 4 nitrogen and oxygen atoms in total. The maximum absolute atomic E-state index is 13.2. The number of halogens is 2. The minimum atomic E-state index is -0.242. The Morgan fingerprint density at radius 1 is 1.19 bits per heavy atom. The lowest BCUT2D eigenvalue weighted by Gasteiger charge is -2.28. The number of hydrogen-bond donors (Lipinski definition) is 1. The van der Waals surface area contributed by atoms with E-state index in [1.807, 2.05) is 12.1 Å². The predicted molar refractivity (Wildman–Crippen MR) is 84.9 cm³/mol. The van der Waals surface area contributed by atoms with Crippen LogP contribution >= 0.6 is 24.2 Å². The summed E-state index contributed by atoms with van der Waals surface area (Å²) in [7, 11) is 0. The fourth-order valence-electron chi connectivity index (χ4n) is 2.09.